The van der Waals surface area contributed by atoms with Crippen LogP contribution < -0.4 is 5.32 Å². The Kier molecular flexibility index (Phi) is 3.53. The minimum Gasteiger partial charge on any atom is -0.478 e. The molecule has 94 valence electrons. The van der Waals surface area contributed by atoms with Gasteiger partial charge in [-0.1, -0.05) is 17.7 Å². The zero-order valence-corrected chi connectivity index (χ0v) is 10.4. The summed E-state index contributed by atoms with van der Waals surface area (Å²) in [6.07, 6.45) is 1.60. The highest BCUT2D eigenvalue weighted by Gasteiger charge is 2.14. The van der Waals surface area contributed by atoms with Gasteiger partial charge in [0.2, 0.25) is 5.89 Å². The molecule has 1 aromatic carbocycles. The van der Waals surface area contributed by atoms with Crippen molar-refractivity contribution >= 4 is 23.3 Å². The molecule has 1 aromatic heterocycles. The molecule has 2 N–H and O–H groups in total. The van der Waals surface area contributed by atoms with Crippen molar-refractivity contribution < 1.29 is 14.3 Å². The lowest BCUT2D eigenvalue weighted by Gasteiger charge is -2.08. The van der Waals surface area contributed by atoms with Gasteiger partial charge in [0, 0.05) is 0 Å². The maximum absolute atomic E-state index is 11.1. The van der Waals surface area contributed by atoms with E-state index in [0.29, 0.717) is 23.9 Å². The number of nitrogens with one attached hydrogen (secondary N) is 1. The molecule has 0 fully saturated rings. The third-order valence-electron chi connectivity index (χ3n) is 2.33. The molecule has 18 heavy (non-hydrogen) atoms. The number of rotatable bonds is 4. The smallest absolute Gasteiger partial charge is 0.339 e. The fourth-order valence-corrected chi connectivity index (χ4v) is 1.80. The Morgan fingerprint density at radius 1 is 1.56 bits per heavy atom. The first-order chi connectivity index (χ1) is 8.58. The summed E-state index contributed by atoms with van der Waals surface area (Å²) < 4.78 is 5.28. The van der Waals surface area contributed by atoms with Gasteiger partial charge < -0.3 is 14.8 Å². The van der Waals surface area contributed by atoms with Crippen LogP contribution >= 0.6 is 11.6 Å². The van der Waals surface area contributed by atoms with Crippen molar-refractivity contribution in [2.24, 2.45) is 0 Å². The van der Waals surface area contributed by atoms with Gasteiger partial charge >= 0.3 is 5.97 Å². The van der Waals surface area contributed by atoms with E-state index in [4.69, 9.17) is 21.1 Å². The average molecular weight is 267 g/mol. The van der Waals surface area contributed by atoms with Gasteiger partial charge in [-0.15, -0.1) is 0 Å². The number of benzene rings is 1. The van der Waals surface area contributed by atoms with E-state index >= 15 is 0 Å². The van der Waals surface area contributed by atoms with Crippen LogP contribution in [0.25, 0.3) is 0 Å². The summed E-state index contributed by atoms with van der Waals surface area (Å²) in [7, 11) is 0. The Hall–Kier alpha value is -2.01. The average Bonchev–Trinajstić information content (AvgIpc) is 2.72. The van der Waals surface area contributed by atoms with Crippen LogP contribution in [0, 0.1) is 6.92 Å². The van der Waals surface area contributed by atoms with Crippen LogP contribution in [0.4, 0.5) is 5.69 Å². The molecule has 0 aliphatic carbocycles. The number of carbonyl (C=O) groups is 1. The summed E-state index contributed by atoms with van der Waals surface area (Å²) in [5.41, 5.74) is 0.480. The Morgan fingerprint density at radius 3 is 2.94 bits per heavy atom. The van der Waals surface area contributed by atoms with Crippen LogP contribution in [0.5, 0.6) is 0 Å². The number of carboxylic acids is 1. The molecule has 0 saturated heterocycles. The van der Waals surface area contributed by atoms with E-state index in [-0.39, 0.29) is 10.6 Å². The lowest BCUT2D eigenvalue weighted by atomic mass is 10.2. The standard InChI is InChI=1S/C12H11ClN2O3/c1-7-5-15-10(18-7)6-14-9-4-2-3-8(13)11(9)12(16)17/h2-5,14H,6H2,1H3,(H,16,17). The first-order valence-corrected chi connectivity index (χ1v) is 5.62. The van der Waals surface area contributed by atoms with Crippen LogP contribution in [-0.4, -0.2) is 16.1 Å². The topological polar surface area (TPSA) is 75.4 Å². The van der Waals surface area contributed by atoms with Crippen LogP contribution in [-0.2, 0) is 6.54 Å². The summed E-state index contributed by atoms with van der Waals surface area (Å²) in [5, 5.41) is 12.2. The largest absolute Gasteiger partial charge is 0.478 e. The van der Waals surface area contributed by atoms with E-state index in [1.165, 1.54) is 6.07 Å². The molecule has 0 amide bonds. The van der Waals surface area contributed by atoms with Crippen LogP contribution in [0.1, 0.15) is 22.0 Å². The highest BCUT2D eigenvalue weighted by molar-refractivity contribution is 6.34. The van der Waals surface area contributed by atoms with E-state index < -0.39 is 5.97 Å². The van der Waals surface area contributed by atoms with Gasteiger partial charge in [0.1, 0.15) is 11.3 Å². The van der Waals surface area contributed by atoms with Crippen molar-refractivity contribution in [3.05, 3.63) is 46.6 Å². The van der Waals surface area contributed by atoms with E-state index in [9.17, 15) is 4.79 Å². The lowest BCUT2D eigenvalue weighted by molar-refractivity contribution is 0.0698. The first-order valence-electron chi connectivity index (χ1n) is 5.25. The predicted octanol–water partition coefficient (Wildman–Crippen LogP) is 2.95. The van der Waals surface area contributed by atoms with Crippen molar-refractivity contribution in [3.63, 3.8) is 0 Å². The summed E-state index contributed by atoms with van der Waals surface area (Å²) in [4.78, 5) is 15.1. The normalized spacial score (nSPS) is 10.3. The van der Waals surface area contributed by atoms with Gasteiger partial charge in [-0.25, -0.2) is 9.78 Å². The van der Waals surface area contributed by atoms with Crippen molar-refractivity contribution in [3.8, 4) is 0 Å². The Balaban J connectivity index is 2.19. The van der Waals surface area contributed by atoms with E-state index in [0.717, 1.165) is 0 Å². The minimum atomic E-state index is -1.08. The number of carboxylic acid groups (broad SMARTS) is 1. The fraction of sp³-hybridized carbons (Fsp3) is 0.167. The second-order valence-corrected chi connectivity index (χ2v) is 4.09. The molecule has 0 unspecified atom stereocenters. The third kappa shape index (κ3) is 2.62. The Bertz CT molecular complexity index is 580. The Morgan fingerprint density at radius 2 is 2.33 bits per heavy atom. The number of hydrogen-bond acceptors (Lipinski definition) is 4. The zero-order chi connectivity index (χ0) is 13.1. The lowest BCUT2D eigenvalue weighted by Crippen LogP contribution is -2.07. The third-order valence-corrected chi connectivity index (χ3v) is 2.64. The minimum absolute atomic E-state index is 0.0439. The second-order valence-electron chi connectivity index (χ2n) is 3.69. The molecular weight excluding hydrogens is 256 g/mol. The molecule has 0 spiro atoms. The summed E-state index contributed by atoms with van der Waals surface area (Å²) >= 11 is 5.85. The highest BCUT2D eigenvalue weighted by atomic mass is 35.5. The molecule has 0 aliphatic rings. The summed E-state index contributed by atoms with van der Waals surface area (Å²) in [5.74, 6) is 0.117. The number of halogens is 1. The second kappa shape index (κ2) is 5.10. The predicted molar refractivity (Wildman–Crippen MR) is 67.0 cm³/mol. The highest BCUT2D eigenvalue weighted by Crippen LogP contribution is 2.24. The van der Waals surface area contributed by atoms with Gasteiger partial charge in [-0.3, -0.25) is 0 Å². The van der Waals surface area contributed by atoms with E-state index in [2.05, 4.69) is 10.3 Å². The maximum Gasteiger partial charge on any atom is 0.339 e. The monoisotopic (exact) mass is 266 g/mol. The number of hydrogen-bond donors (Lipinski definition) is 2. The van der Waals surface area contributed by atoms with Gasteiger partial charge in [0.05, 0.1) is 23.5 Å². The molecule has 2 rings (SSSR count). The molecule has 0 radical (unpaired) electrons. The SMILES string of the molecule is Cc1cnc(CNc2cccc(Cl)c2C(=O)O)o1. The molecular formula is C12H11ClN2O3. The van der Waals surface area contributed by atoms with E-state index in [1.807, 2.05) is 0 Å². The number of nitrogens with zero attached hydrogens (tertiary/aromatic N) is 1. The van der Waals surface area contributed by atoms with Crippen molar-refractivity contribution in [1.29, 1.82) is 0 Å². The van der Waals surface area contributed by atoms with Gasteiger partial charge in [0.15, 0.2) is 0 Å². The van der Waals surface area contributed by atoms with Crippen LogP contribution in [0.15, 0.2) is 28.8 Å². The number of aryl methyl sites for hydroxylation is 1. The first kappa shape index (κ1) is 12.4. The van der Waals surface area contributed by atoms with E-state index in [1.54, 1.807) is 25.3 Å². The van der Waals surface area contributed by atoms with Gasteiger partial charge in [-0.2, -0.15) is 0 Å². The molecule has 2 aromatic rings. The molecule has 6 heteroatoms. The molecule has 0 atom stereocenters. The summed E-state index contributed by atoms with van der Waals surface area (Å²) in [6.45, 7) is 2.09. The number of aromatic carboxylic acids is 1. The molecule has 5 nitrogen and oxygen atoms in total. The maximum atomic E-state index is 11.1. The summed E-state index contributed by atoms with van der Waals surface area (Å²) in [6, 6.07) is 4.86. The molecule has 1 heterocycles. The molecule has 0 aliphatic heterocycles. The van der Waals surface area contributed by atoms with Crippen molar-refractivity contribution in [2.45, 2.75) is 13.5 Å². The number of anilines is 1. The zero-order valence-electron chi connectivity index (χ0n) is 9.61. The Labute approximate surface area is 108 Å². The van der Waals surface area contributed by atoms with Crippen molar-refractivity contribution in [2.75, 3.05) is 5.32 Å². The van der Waals surface area contributed by atoms with Crippen LogP contribution in [0.2, 0.25) is 5.02 Å². The quantitative estimate of drug-likeness (QED) is 0.890. The fourth-order valence-electron chi connectivity index (χ4n) is 1.54. The van der Waals surface area contributed by atoms with Crippen LogP contribution in [0.3, 0.4) is 0 Å². The van der Waals surface area contributed by atoms with Gasteiger partial charge in [-0.05, 0) is 19.1 Å². The molecule has 0 bridgehead atoms. The van der Waals surface area contributed by atoms with Gasteiger partial charge in [0.25, 0.3) is 0 Å². The number of oxazole rings is 1. The molecule has 0 saturated carbocycles. The van der Waals surface area contributed by atoms with Crippen molar-refractivity contribution in [1.82, 2.24) is 4.98 Å². The number of aromatic nitrogens is 1.